The molecule has 6 atom stereocenters. The van der Waals surface area contributed by atoms with Crippen LogP contribution in [0.15, 0.2) is 119 Å². The molecule has 8 rings (SSSR count). The number of ketones is 3. The van der Waals surface area contributed by atoms with E-state index in [2.05, 4.69) is 10.6 Å². The Labute approximate surface area is 402 Å². The minimum Gasteiger partial charge on any atom is -0.508 e. The molecule has 0 radical (unpaired) electrons. The van der Waals surface area contributed by atoms with E-state index in [4.69, 9.17) is 0 Å². The van der Waals surface area contributed by atoms with Crippen molar-refractivity contribution in [2.24, 2.45) is 34.5 Å². The van der Waals surface area contributed by atoms with Gasteiger partial charge >= 0.3 is 0 Å². The Hall–Kier alpha value is -6.39. The van der Waals surface area contributed by atoms with Crippen molar-refractivity contribution >= 4 is 28.5 Å². The van der Waals surface area contributed by atoms with Crippen LogP contribution in [0.1, 0.15) is 81.5 Å². The summed E-state index contributed by atoms with van der Waals surface area (Å²) in [6.45, 7) is 1.66. The van der Waals surface area contributed by atoms with Crippen LogP contribution in [0.5, 0.6) is 11.5 Å². The third kappa shape index (κ3) is 8.25. The molecule has 0 saturated carbocycles. The van der Waals surface area contributed by atoms with Crippen molar-refractivity contribution < 1.29 is 62.6 Å². The minimum absolute atomic E-state index is 0.0160. The molecule has 368 valence electrons. The third-order valence-electron chi connectivity index (χ3n) is 15.1. The molecule has 70 heavy (non-hydrogen) atoms. The molecule has 4 aromatic rings. The fourth-order valence-electron chi connectivity index (χ4n) is 12.0. The normalized spacial score (nSPS) is 25.4. The molecule has 2 aliphatic heterocycles. The van der Waals surface area contributed by atoms with Crippen LogP contribution in [-0.4, -0.2) is 87.4 Å². The van der Waals surface area contributed by atoms with Crippen LogP contribution in [0, 0.1) is 60.0 Å². The second-order valence-electron chi connectivity index (χ2n) is 18.9. The van der Waals surface area contributed by atoms with E-state index in [0.717, 1.165) is 24.3 Å². The molecule has 0 aromatic heterocycles. The molecular weight excluding hydrogens is 909 g/mol. The number of rotatable bonds is 14. The molecule has 2 fully saturated rings. The number of benzene rings is 4. The van der Waals surface area contributed by atoms with Gasteiger partial charge in [-0.1, -0.05) is 48.5 Å². The van der Waals surface area contributed by atoms with E-state index in [1.165, 1.54) is 74.5 Å². The fourth-order valence-corrected chi connectivity index (χ4v) is 12.0. The van der Waals surface area contributed by atoms with Crippen molar-refractivity contribution in [3.8, 4) is 11.5 Å². The highest BCUT2D eigenvalue weighted by Gasteiger charge is 2.68. The van der Waals surface area contributed by atoms with Gasteiger partial charge in [0.2, 0.25) is 0 Å². The largest absolute Gasteiger partial charge is 0.508 e. The van der Waals surface area contributed by atoms with Crippen molar-refractivity contribution in [1.29, 1.82) is 0 Å². The zero-order valence-electron chi connectivity index (χ0n) is 38.8. The van der Waals surface area contributed by atoms with Gasteiger partial charge in [0.25, 0.3) is 0 Å². The van der Waals surface area contributed by atoms with E-state index >= 15 is 31.9 Å². The molecular formula is C55H56F4N2O9. The van der Waals surface area contributed by atoms with E-state index in [9.17, 15) is 30.6 Å². The summed E-state index contributed by atoms with van der Waals surface area (Å²) in [6.07, 6.45) is -0.593. The highest BCUT2D eigenvalue weighted by Crippen LogP contribution is 2.65. The lowest BCUT2D eigenvalue weighted by Gasteiger charge is -2.54. The highest BCUT2D eigenvalue weighted by atomic mass is 19.1. The summed E-state index contributed by atoms with van der Waals surface area (Å²) in [4.78, 5) is 48.3. The second-order valence-corrected chi connectivity index (χ2v) is 18.9. The Morgan fingerprint density at radius 3 is 1.31 bits per heavy atom. The summed E-state index contributed by atoms with van der Waals surface area (Å²) < 4.78 is 69.2. The van der Waals surface area contributed by atoms with E-state index < -0.39 is 135 Å². The quantitative estimate of drug-likeness (QED) is 0.0444. The monoisotopic (exact) mass is 964 g/mol. The maximum atomic E-state index is 18.9. The smallest absolute Gasteiger partial charge is 0.190 e. The van der Waals surface area contributed by atoms with Crippen molar-refractivity contribution in [1.82, 2.24) is 10.6 Å². The minimum atomic E-state index is -2.95. The first-order chi connectivity index (χ1) is 33.6. The summed E-state index contributed by atoms with van der Waals surface area (Å²) in [5, 5.41) is 75.5. The first-order valence-electron chi connectivity index (χ1n) is 23.6. The average Bonchev–Trinajstić information content (AvgIpc) is 3.36. The van der Waals surface area contributed by atoms with Crippen LogP contribution < -0.4 is 10.6 Å². The van der Waals surface area contributed by atoms with Crippen molar-refractivity contribution in [3.05, 3.63) is 164 Å². The average molecular weight is 965 g/mol. The van der Waals surface area contributed by atoms with Crippen LogP contribution in [0.2, 0.25) is 0 Å². The molecule has 8 N–H and O–H groups in total. The number of aliphatic hydroxyl groups excluding tert-OH is 4. The van der Waals surface area contributed by atoms with Gasteiger partial charge in [0.05, 0.1) is 10.8 Å². The number of carbonyl (C=O) groups is 3. The van der Waals surface area contributed by atoms with Crippen LogP contribution in [0.25, 0.3) is 11.1 Å². The van der Waals surface area contributed by atoms with E-state index in [1.54, 1.807) is 0 Å². The molecule has 0 amide bonds. The fraction of sp³-hybridized carbons (Fsp3) is 0.364. The zero-order chi connectivity index (χ0) is 50.2. The first-order valence-corrected chi connectivity index (χ1v) is 23.6. The Morgan fingerprint density at radius 1 is 0.586 bits per heavy atom. The number of allylic oxidation sites excluding steroid dienone is 6. The zero-order valence-corrected chi connectivity index (χ0v) is 38.8. The molecule has 2 saturated heterocycles. The topological polar surface area (TPSA) is 197 Å². The standard InChI is InChI=1S/C55H56F4N2O9/c1-29-37(15-5-17-39(29)56)41-43(47(66)31-9-3-13-35(64)25-31)45(33-11-7-21-60-27-33)54(19-23-62,51(58)49(41)68)53(70)55(20-24-63)46(34-12-8-22-61-28-34)44(48(67)32-10-4-14-36(65)26-32)42(50(69)52(55)59)38-16-6-18-40(57)30(38)2/h3-6,9-10,13-18,25-26,33-34,45-46,60-65,68-69H,7-8,11-12,19-24,27-28H2,1-2H3/t33?,34?,45-,46-,54+,55+/m0/s1. The molecule has 11 nitrogen and oxygen atoms in total. The highest BCUT2D eigenvalue weighted by molar-refractivity contribution is 6.19. The van der Waals surface area contributed by atoms with Gasteiger partial charge in [-0.3, -0.25) is 14.4 Å². The summed E-state index contributed by atoms with van der Waals surface area (Å²) in [7, 11) is 0. The molecule has 4 aromatic carbocycles. The number of Topliss-reactive ketones (excluding diaryl/α,β-unsaturated/α-hetero) is 3. The SMILES string of the molecule is Cc1c(F)cccc1C1=C(C(=O)c2cccc(O)c2)[C@H](C2CCCNC2)[C@@](CCO)(C(=O)[C@@]2(CCO)C(F)=C(O)C(c3cccc(F)c3C)=C(C(=O)c3cccc(O)c3)[C@@H]2C2CCCNC2)C(F)=C1O. The van der Waals surface area contributed by atoms with Gasteiger partial charge in [-0.25, -0.2) is 17.6 Å². The summed E-state index contributed by atoms with van der Waals surface area (Å²) in [6, 6.07) is 17.9. The van der Waals surface area contributed by atoms with Crippen molar-refractivity contribution in [2.45, 2.75) is 52.4 Å². The third-order valence-corrected chi connectivity index (χ3v) is 15.1. The number of carbonyl (C=O) groups excluding carboxylic acids is 3. The number of phenolic OH excluding ortho intramolecular Hbond substituents is 2. The van der Waals surface area contributed by atoms with Gasteiger partial charge in [-0.2, -0.15) is 0 Å². The predicted molar refractivity (Wildman–Crippen MR) is 254 cm³/mol. The Morgan fingerprint density at radius 2 is 0.971 bits per heavy atom. The Bertz CT molecular complexity index is 2690. The maximum Gasteiger partial charge on any atom is 0.190 e. The molecule has 15 heteroatoms. The summed E-state index contributed by atoms with van der Waals surface area (Å²) in [5.41, 5.74) is -8.47. The lowest BCUT2D eigenvalue weighted by molar-refractivity contribution is -0.148. The number of piperidine rings is 2. The Balaban J connectivity index is 1.53. The Kier molecular flexibility index (Phi) is 14.4. The van der Waals surface area contributed by atoms with Crippen molar-refractivity contribution in [2.75, 3.05) is 39.4 Å². The van der Waals surface area contributed by atoms with E-state index in [0.29, 0.717) is 25.9 Å². The van der Waals surface area contributed by atoms with E-state index in [1.807, 2.05) is 0 Å². The lowest BCUT2D eigenvalue weighted by atomic mass is 9.47. The van der Waals surface area contributed by atoms with Gasteiger partial charge in [0, 0.05) is 58.5 Å². The van der Waals surface area contributed by atoms with Crippen LogP contribution in [0.4, 0.5) is 17.6 Å². The summed E-state index contributed by atoms with van der Waals surface area (Å²) >= 11 is 0. The number of phenols is 2. The molecule has 4 aliphatic rings. The number of aromatic hydroxyl groups is 2. The number of nitrogens with one attached hydrogen (secondary N) is 2. The maximum absolute atomic E-state index is 18.9. The molecule has 0 spiro atoms. The van der Waals surface area contributed by atoms with Crippen molar-refractivity contribution in [3.63, 3.8) is 0 Å². The number of hydrogen-bond acceptors (Lipinski definition) is 11. The lowest BCUT2D eigenvalue weighted by Crippen LogP contribution is -2.60. The van der Waals surface area contributed by atoms with Gasteiger partial charge in [-0.15, -0.1) is 0 Å². The van der Waals surface area contributed by atoms with Crippen LogP contribution in [-0.2, 0) is 4.79 Å². The number of halogens is 4. The predicted octanol–water partition coefficient (Wildman–Crippen LogP) is 9.01. The van der Waals surface area contributed by atoms with E-state index in [-0.39, 0.29) is 70.8 Å². The second kappa shape index (κ2) is 20.1. The first kappa shape index (κ1) is 50.0. The van der Waals surface area contributed by atoms with Crippen LogP contribution >= 0.6 is 0 Å². The molecule has 0 bridgehead atoms. The van der Waals surface area contributed by atoms with Gasteiger partial charge in [0.15, 0.2) is 40.5 Å². The molecule has 2 heterocycles. The van der Waals surface area contributed by atoms with Gasteiger partial charge in [-0.05, 0) is 149 Å². The van der Waals surface area contributed by atoms with Crippen LogP contribution in [0.3, 0.4) is 0 Å². The number of hydrogen-bond donors (Lipinski definition) is 8. The molecule has 2 aliphatic carbocycles. The number of aliphatic hydroxyl groups is 4. The summed E-state index contributed by atoms with van der Waals surface area (Å²) in [5.74, 6) is -16.6. The van der Waals surface area contributed by atoms with Gasteiger partial charge < -0.3 is 41.3 Å². The molecule has 2 unspecified atom stereocenters. The van der Waals surface area contributed by atoms with Gasteiger partial charge in [0.1, 0.15) is 23.1 Å².